The van der Waals surface area contributed by atoms with Crippen molar-refractivity contribution >= 4 is 5.97 Å². The van der Waals surface area contributed by atoms with Crippen LogP contribution in [0.1, 0.15) is 5.56 Å². The van der Waals surface area contributed by atoms with E-state index in [1.54, 1.807) is 5.92 Å². The maximum atomic E-state index is 12.8. The number of rotatable bonds is 0. The Hall–Kier alpha value is -1.89. The molecule has 1 rings (SSSR count). The van der Waals surface area contributed by atoms with Crippen LogP contribution in [0.4, 0.5) is 8.78 Å². The lowest BCUT2D eigenvalue weighted by Gasteiger charge is -1.92. The van der Waals surface area contributed by atoms with E-state index in [0.717, 1.165) is 18.2 Å². The molecule has 0 aliphatic rings. The van der Waals surface area contributed by atoms with Crippen LogP contribution in [0.25, 0.3) is 0 Å². The van der Waals surface area contributed by atoms with Crippen LogP contribution in [0.5, 0.6) is 0 Å². The molecule has 0 atom stereocenters. The molecule has 0 bridgehead atoms. The van der Waals surface area contributed by atoms with E-state index in [4.69, 9.17) is 5.11 Å². The number of hydrogen-bond acceptors (Lipinski definition) is 1. The number of aliphatic carboxylic acids is 1. The lowest BCUT2D eigenvalue weighted by molar-refractivity contribution is -0.130. The molecule has 0 unspecified atom stereocenters. The summed E-state index contributed by atoms with van der Waals surface area (Å²) in [6.45, 7) is 0. The number of halogens is 2. The van der Waals surface area contributed by atoms with Crippen LogP contribution in [0.3, 0.4) is 0 Å². The van der Waals surface area contributed by atoms with Gasteiger partial charge in [-0.05, 0) is 18.2 Å². The Labute approximate surface area is 72.8 Å². The third-order valence-electron chi connectivity index (χ3n) is 1.23. The van der Waals surface area contributed by atoms with E-state index in [2.05, 4.69) is 0 Å². The molecule has 0 radical (unpaired) electrons. The topological polar surface area (TPSA) is 37.3 Å². The van der Waals surface area contributed by atoms with Gasteiger partial charge in [0.05, 0.1) is 5.56 Å². The first-order valence-electron chi connectivity index (χ1n) is 3.29. The molecule has 0 saturated heterocycles. The van der Waals surface area contributed by atoms with Crippen molar-refractivity contribution in [3.8, 4) is 11.8 Å². The summed E-state index contributed by atoms with van der Waals surface area (Å²) >= 11 is 0. The predicted octanol–water partition coefficient (Wildman–Crippen LogP) is 1.40. The van der Waals surface area contributed by atoms with Gasteiger partial charge in [0.2, 0.25) is 0 Å². The lowest BCUT2D eigenvalue weighted by Crippen LogP contribution is -1.89. The molecule has 0 aromatic heterocycles. The summed E-state index contributed by atoms with van der Waals surface area (Å²) in [5, 5.41) is 8.15. The average Bonchev–Trinajstić information content (AvgIpc) is 2.06. The summed E-state index contributed by atoms with van der Waals surface area (Å²) in [7, 11) is 0. The molecule has 0 aliphatic carbocycles. The molecule has 0 spiro atoms. The summed E-state index contributed by atoms with van der Waals surface area (Å²) < 4.78 is 25.2. The third kappa shape index (κ3) is 2.56. The predicted molar refractivity (Wildman–Crippen MR) is 40.9 cm³/mol. The molecule has 0 aliphatic heterocycles. The Morgan fingerprint density at radius 1 is 1.38 bits per heavy atom. The van der Waals surface area contributed by atoms with Gasteiger partial charge in [0.1, 0.15) is 11.6 Å². The minimum absolute atomic E-state index is 0.262. The van der Waals surface area contributed by atoms with Crippen molar-refractivity contribution in [1.29, 1.82) is 0 Å². The molecule has 0 fully saturated rings. The summed E-state index contributed by atoms with van der Waals surface area (Å²) in [5.41, 5.74) is -0.262. The zero-order valence-electron chi connectivity index (χ0n) is 6.34. The Kier molecular flexibility index (Phi) is 2.60. The maximum Gasteiger partial charge on any atom is 0.382 e. The minimum atomic E-state index is -1.39. The normalized spacial score (nSPS) is 8.77. The number of carbonyl (C=O) groups is 1. The highest BCUT2D eigenvalue weighted by atomic mass is 19.1. The van der Waals surface area contributed by atoms with Gasteiger partial charge in [-0.25, -0.2) is 13.6 Å². The van der Waals surface area contributed by atoms with Crippen molar-refractivity contribution in [2.45, 2.75) is 0 Å². The SMILES string of the molecule is O=C(O)C#Cc1cc(F)ccc1F. The van der Waals surface area contributed by atoms with E-state index >= 15 is 0 Å². The van der Waals surface area contributed by atoms with Crippen LogP contribution >= 0.6 is 0 Å². The average molecular weight is 182 g/mol. The van der Waals surface area contributed by atoms with Crippen molar-refractivity contribution in [2.24, 2.45) is 0 Å². The summed E-state index contributed by atoms with van der Waals surface area (Å²) in [4.78, 5) is 9.98. The Bertz CT molecular complexity index is 402. The second-order valence-corrected chi connectivity index (χ2v) is 2.18. The summed E-state index contributed by atoms with van der Waals surface area (Å²) in [6.07, 6.45) is 0. The van der Waals surface area contributed by atoms with Crippen LogP contribution in [-0.4, -0.2) is 11.1 Å². The standard InChI is InChI=1S/C9H4F2O2/c10-7-2-3-8(11)6(5-7)1-4-9(12)13/h2-3,5H,(H,12,13). The van der Waals surface area contributed by atoms with Gasteiger partial charge in [0, 0.05) is 5.92 Å². The van der Waals surface area contributed by atoms with Crippen molar-refractivity contribution in [3.63, 3.8) is 0 Å². The van der Waals surface area contributed by atoms with Gasteiger partial charge < -0.3 is 5.11 Å². The molecule has 1 aromatic rings. The van der Waals surface area contributed by atoms with Crippen molar-refractivity contribution in [1.82, 2.24) is 0 Å². The molecular formula is C9H4F2O2. The van der Waals surface area contributed by atoms with Crippen molar-refractivity contribution in [3.05, 3.63) is 35.4 Å². The minimum Gasteiger partial charge on any atom is -0.472 e. The van der Waals surface area contributed by atoms with Gasteiger partial charge in [0.15, 0.2) is 0 Å². The van der Waals surface area contributed by atoms with E-state index in [-0.39, 0.29) is 5.56 Å². The third-order valence-corrected chi connectivity index (χ3v) is 1.23. The fraction of sp³-hybridized carbons (Fsp3) is 0. The highest BCUT2D eigenvalue weighted by Gasteiger charge is 2.00. The van der Waals surface area contributed by atoms with Crippen LogP contribution in [0.15, 0.2) is 18.2 Å². The Morgan fingerprint density at radius 2 is 2.08 bits per heavy atom. The van der Waals surface area contributed by atoms with Crippen LogP contribution in [0, 0.1) is 23.5 Å². The Balaban J connectivity index is 3.09. The second kappa shape index (κ2) is 3.68. The van der Waals surface area contributed by atoms with Crippen LogP contribution in [-0.2, 0) is 4.79 Å². The largest absolute Gasteiger partial charge is 0.472 e. The first kappa shape index (κ1) is 9.20. The molecule has 13 heavy (non-hydrogen) atoms. The molecule has 66 valence electrons. The van der Waals surface area contributed by atoms with Gasteiger partial charge in [-0.3, -0.25) is 0 Å². The van der Waals surface area contributed by atoms with E-state index in [9.17, 15) is 13.6 Å². The fourth-order valence-electron chi connectivity index (χ4n) is 0.714. The van der Waals surface area contributed by atoms with Gasteiger partial charge in [-0.2, -0.15) is 0 Å². The smallest absolute Gasteiger partial charge is 0.382 e. The zero-order chi connectivity index (χ0) is 9.84. The molecule has 4 heteroatoms. The molecule has 0 heterocycles. The van der Waals surface area contributed by atoms with E-state index in [1.807, 2.05) is 5.92 Å². The first-order chi connectivity index (χ1) is 6.09. The molecule has 0 saturated carbocycles. The van der Waals surface area contributed by atoms with E-state index in [1.165, 1.54) is 0 Å². The van der Waals surface area contributed by atoms with Crippen LogP contribution in [0.2, 0.25) is 0 Å². The van der Waals surface area contributed by atoms with Gasteiger partial charge >= 0.3 is 5.97 Å². The quantitative estimate of drug-likeness (QED) is 0.616. The number of benzene rings is 1. The van der Waals surface area contributed by atoms with Crippen LogP contribution < -0.4 is 0 Å². The fourth-order valence-corrected chi connectivity index (χ4v) is 0.714. The summed E-state index contributed by atoms with van der Waals surface area (Å²) in [6, 6.07) is 2.66. The number of carboxylic acids is 1. The highest BCUT2D eigenvalue weighted by Crippen LogP contribution is 2.07. The molecule has 1 N–H and O–H groups in total. The van der Waals surface area contributed by atoms with E-state index in [0.29, 0.717) is 0 Å². The number of carboxylic acid groups (broad SMARTS) is 1. The van der Waals surface area contributed by atoms with Crippen molar-refractivity contribution in [2.75, 3.05) is 0 Å². The Morgan fingerprint density at radius 3 is 2.69 bits per heavy atom. The van der Waals surface area contributed by atoms with Gasteiger partial charge in [0.25, 0.3) is 0 Å². The molecular weight excluding hydrogens is 178 g/mol. The zero-order valence-corrected chi connectivity index (χ0v) is 6.34. The lowest BCUT2D eigenvalue weighted by atomic mass is 10.2. The summed E-state index contributed by atoms with van der Waals surface area (Å²) in [5.74, 6) is 0.896. The molecule has 0 amide bonds. The highest BCUT2D eigenvalue weighted by molar-refractivity contribution is 5.87. The molecule has 2 nitrogen and oxygen atoms in total. The van der Waals surface area contributed by atoms with Crippen molar-refractivity contribution < 1.29 is 18.7 Å². The maximum absolute atomic E-state index is 12.8. The van der Waals surface area contributed by atoms with E-state index < -0.39 is 17.6 Å². The monoisotopic (exact) mass is 182 g/mol. The first-order valence-corrected chi connectivity index (χ1v) is 3.29. The second-order valence-electron chi connectivity index (χ2n) is 2.18. The van der Waals surface area contributed by atoms with Gasteiger partial charge in [-0.15, -0.1) is 0 Å². The van der Waals surface area contributed by atoms with Gasteiger partial charge in [-0.1, -0.05) is 5.92 Å². The number of hydrogen-bond donors (Lipinski definition) is 1. The molecule has 1 aromatic carbocycles.